The van der Waals surface area contributed by atoms with Crippen molar-refractivity contribution in [2.24, 2.45) is 0 Å². The fourth-order valence-corrected chi connectivity index (χ4v) is 2.25. The van der Waals surface area contributed by atoms with Crippen LogP contribution in [-0.4, -0.2) is 29.5 Å². The molecule has 2 rings (SSSR count). The van der Waals surface area contributed by atoms with E-state index in [2.05, 4.69) is 0 Å². The molecule has 0 unspecified atom stereocenters. The Morgan fingerprint density at radius 1 is 1.37 bits per heavy atom. The average Bonchev–Trinajstić information content (AvgIpc) is 2.78. The zero-order chi connectivity index (χ0) is 13.7. The van der Waals surface area contributed by atoms with Crippen LogP contribution in [0.25, 0.3) is 0 Å². The normalized spacial score (nSPS) is 18.5. The van der Waals surface area contributed by atoms with E-state index in [-0.39, 0.29) is 11.9 Å². The molecule has 1 aromatic carbocycles. The van der Waals surface area contributed by atoms with Crippen LogP contribution in [0.4, 0.5) is 4.79 Å². The van der Waals surface area contributed by atoms with Gasteiger partial charge < -0.3 is 4.74 Å². The Labute approximate surface area is 113 Å². The summed E-state index contributed by atoms with van der Waals surface area (Å²) in [4.78, 5) is 25.0. The highest BCUT2D eigenvalue weighted by Gasteiger charge is 2.37. The first-order chi connectivity index (χ1) is 9.22. The predicted octanol–water partition coefficient (Wildman–Crippen LogP) is 2.77. The van der Waals surface area contributed by atoms with Crippen LogP contribution in [0, 0.1) is 0 Å². The van der Waals surface area contributed by atoms with Gasteiger partial charge in [-0.05, 0) is 18.4 Å². The molecule has 0 bridgehead atoms. The molecular formula is C15H19NO3. The quantitative estimate of drug-likeness (QED) is 0.818. The van der Waals surface area contributed by atoms with E-state index in [4.69, 9.17) is 4.74 Å². The Hall–Kier alpha value is -1.84. The van der Waals surface area contributed by atoms with Crippen LogP contribution in [0.3, 0.4) is 0 Å². The Morgan fingerprint density at radius 3 is 2.79 bits per heavy atom. The monoisotopic (exact) mass is 261 g/mol. The lowest BCUT2D eigenvalue weighted by Crippen LogP contribution is -2.40. The van der Waals surface area contributed by atoms with Crippen LogP contribution in [0.2, 0.25) is 0 Å². The van der Waals surface area contributed by atoms with Gasteiger partial charge in [0.05, 0.1) is 6.04 Å². The highest BCUT2D eigenvalue weighted by atomic mass is 16.6. The lowest BCUT2D eigenvalue weighted by Gasteiger charge is -2.19. The number of amides is 2. The zero-order valence-electron chi connectivity index (χ0n) is 11.2. The van der Waals surface area contributed by atoms with Gasteiger partial charge in [-0.3, -0.25) is 4.79 Å². The first kappa shape index (κ1) is 13.6. The van der Waals surface area contributed by atoms with Gasteiger partial charge in [-0.2, -0.15) is 0 Å². The molecule has 1 heterocycles. The Morgan fingerprint density at radius 2 is 2.11 bits per heavy atom. The van der Waals surface area contributed by atoms with Gasteiger partial charge in [0.2, 0.25) is 5.91 Å². The molecule has 4 nitrogen and oxygen atoms in total. The SMILES string of the molecule is CCCCC(=O)N1C(=O)OC[C@@H]1Cc1ccccc1. The fourth-order valence-electron chi connectivity index (χ4n) is 2.25. The molecule has 1 aliphatic heterocycles. The number of ether oxygens (including phenoxy) is 1. The second-order valence-electron chi connectivity index (χ2n) is 4.79. The third kappa shape index (κ3) is 3.34. The van der Waals surface area contributed by atoms with E-state index in [0.717, 1.165) is 18.4 Å². The second kappa shape index (κ2) is 6.36. The number of rotatable bonds is 5. The van der Waals surface area contributed by atoms with E-state index < -0.39 is 6.09 Å². The fraction of sp³-hybridized carbons (Fsp3) is 0.467. The van der Waals surface area contributed by atoms with Gasteiger partial charge in [-0.15, -0.1) is 0 Å². The summed E-state index contributed by atoms with van der Waals surface area (Å²) in [6.07, 6.45) is 2.32. The summed E-state index contributed by atoms with van der Waals surface area (Å²) in [6.45, 7) is 2.32. The number of nitrogens with zero attached hydrogens (tertiary/aromatic N) is 1. The molecule has 1 aromatic rings. The second-order valence-corrected chi connectivity index (χ2v) is 4.79. The van der Waals surface area contributed by atoms with Crippen molar-refractivity contribution in [2.75, 3.05) is 6.61 Å². The van der Waals surface area contributed by atoms with E-state index in [9.17, 15) is 9.59 Å². The van der Waals surface area contributed by atoms with Crippen molar-refractivity contribution in [3.8, 4) is 0 Å². The molecule has 0 aliphatic carbocycles. The highest BCUT2D eigenvalue weighted by Crippen LogP contribution is 2.19. The first-order valence-corrected chi connectivity index (χ1v) is 6.75. The number of cyclic esters (lactones) is 1. The minimum atomic E-state index is -0.498. The lowest BCUT2D eigenvalue weighted by molar-refractivity contribution is -0.129. The summed E-state index contributed by atoms with van der Waals surface area (Å²) in [7, 11) is 0. The lowest BCUT2D eigenvalue weighted by atomic mass is 10.1. The number of hydrogen-bond acceptors (Lipinski definition) is 3. The van der Waals surface area contributed by atoms with E-state index in [1.54, 1.807) is 0 Å². The van der Waals surface area contributed by atoms with Gasteiger partial charge in [0.25, 0.3) is 0 Å². The van der Waals surface area contributed by atoms with Gasteiger partial charge in [0.15, 0.2) is 0 Å². The zero-order valence-corrected chi connectivity index (χ0v) is 11.2. The van der Waals surface area contributed by atoms with Crippen molar-refractivity contribution in [3.63, 3.8) is 0 Å². The first-order valence-electron chi connectivity index (χ1n) is 6.75. The van der Waals surface area contributed by atoms with Gasteiger partial charge >= 0.3 is 6.09 Å². The molecule has 1 fully saturated rings. The van der Waals surface area contributed by atoms with Crippen LogP contribution < -0.4 is 0 Å². The molecule has 0 N–H and O–H groups in total. The van der Waals surface area contributed by atoms with Crippen molar-refractivity contribution in [1.29, 1.82) is 0 Å². The molecule has 0 aromatic heterocycles. The largest absolute Gasteiger partial charge is 0.447 e. The summed E-state index contributed by atoms with van der Waals surface area (Å²) < 4.78 is 5.02. The average molecular weight is 261 g/mol. The third-order valence-corrected chi connectivity index (χ3v) is 3.29. The number of carbonyl (C=O) groups is 2. The molecule has 0 spiro atoms. The van der Waals surface area contributed by atoms with Crippen LogP contribution in [0.15, 0.2) is 30.3 Å². The highest BCUT2D eigenvalue weighted by molar-refractivity contribution is 5.93. The molecule has 102 valence electrons. The smallest absolute Gasteiger partial charge is 0.416 e. The summed E-state index contributed by atoms with van der Waals surface area (Å²) in [5, 5.41) is 0. The van der Waals surface area contributed by atoms with E-state index >= 15 is 0 Å². The number of hydrogen-bond donors (Lipinski definition) is 0. The van der Waals surface area contributed by atoms with Crippen molar-refractivity contribution < 1.29 is 14.3 Å². The van der Waals surface area contributed by atoms with Crippen molar-refractivity contribution >= 4 is 12.0 Å². The molecule has 4 heteroatoms. The molecule has 1 aliphatic rings. The molecule has 2 amide bonds. The van der Waals surface area contributed by atoms with Crippen LogP contribution in [-0.2, 0) is 16.0 Å². The number of benzene rings is 1. The molecule has 1 atom stereocenters. The Kier molecular flexibility index (Phi) is 4.55. The maximum absolute atomic E-state index is 12.0. The Balaban J connectivity index is 2.03. The third-order valence-electron chi connectivity index (χ3n) is 3.29. The predicted molar refractivity (Wildman–Crippen MR) is 71.7 cm³/mol. The molecular weight excluding hydrogens is 242 g/mol. The number of imide groups is 1. The summed E-state index contributed by atoms with van der Waals surface area (Å²) in [5.74, 6) is -0.120. The topological polar surface area (TPSA) is 46.6 Å². The Bertz CT molecular complexity index is 444. The van der Waals surface area contributed by atoms with Crippen LogP contribution in [0.1, 0.15) is 31.7 Å². The van der Waals surface area contributed by atoms with Crippen molar-refractivity contribution in [1.82, 2.24) is 4.90 Å². The van der Waals surface area contributed by atoms with E-state index in [1.807, 2.05) is 37.3 Å². The van der Waals surface area contributed by atoms with Gasteiger partial charge in [-0.25, -0.2) is 9.69 Å². The van der Waals surface area contributed by atoms with Gasteiger partial charge in [0.1, 0.15) is 6.61 Å². The van der Waals surface area contributed by atoms with E-state index in [0.29, 0.717) is 19.4 Å². The maximum Gasteiger partial charge on any atom is 0.416 e. The number of unbranched alkanes of at least 4 members (excludes halogenated alkanes) is 1. The molecule has 0 radical (unpaired) electrons. The van der Waals surface area contributed by atoms with Gasteiger partial charge in [0, 0.05) is 6.42 Å². The van der Waals surface area contributed by atoms with Crippen molar-refractivity contribution in [3.05, 3.63) is 35.9 Å². The van der Waals surface area contributed by atoms with E-state index in [1.165, 1.54) is 4.90 Å². The molecule has 19 heavy (non-hydrogen) atoms. The number of carbonyl (C=O) groups excluding carboxylic acids is 2. The maximum atomic E-state index is 12.0. The summed E-state index contributed by atoms with van der Waals surface area (Å²) in [5.41, 5.74) is 1.11. The molecule has 1 saturated heterocycles. The summed E-state index contributed by atoms with van der Waals surface area (Å²) >= 11 is 0. The minimum Gasteiger partial charge on any atom is -0.447 e. The van der Waals surface area contributed by atoms with Gasteiger partial charge in [-0.1, -0.05) is 43.7 Å². The van der Waals surface area contributed by atoms with Crippen molar-refractivity contribution in [2.45, 2.75) is 38.6 Å². The van der Waals surface area contributed by atoms with Crippen LogP contribution >= 0.6 is 0 Å². The van der Waals surface area contributed by atoms with Crippen LogP contribution in [0.5, 0.6) is 0 Å². The minimum absolute atomic E-state index is 0.120. The summed E-state index contributed by atoms with van der Waals surface area (Å²) in [6, 6.07) is 9.69. The molecule has 0 saturated carbocycles. The standard InChI is InChI=1S/C15H19NO3/c1-2-3-9-14(17)16-13(11-19-15(16)18)10-12-7-5-4-6-8-12/h4-8,13H,2-3,9-11H2,1H3/t13-/m0/s1.